The average Bonchev–Trinajstić information content (AvgIpc) is 2.49. The summed E-state index contributed by atoms with van der Waals surface area (Å²) >= 11 is 0. The Bertz CT molecular complexity index is 226. The number of likely N-dealkylation sites (tertiary alicyclic amines) is 1. The Balaban J connectivity index is 2.27. The maximum absolute atomic E-state index is 11.9. The molecular formula is C14H28N2O. The number of nitrogens with one attached hydrogen (secondary N) is 1. The van der Waals surface area contributed by atoms with Crippen LogP contribution < -0.4 is 5.32 Å². The lowest BCUT2D eigenvalue weighted by Crippen LogP contribution is -2.32. The highest BCUT2D eigenvalue weighted by molar-refractivity contribution is 5.76. The molecule has 2 unspecified atom stereocenters. The number of hydrogen-bond acceptors (Lipinski definition) is 2. The molecule has 1 fully saturated rings. The molecular weight excluding hydrogens is 212 g/mol. The third kappa shape index (κ3) is 5.07. The van der Waals surface area contributed by atoms with Crippen molar-refractivity contribution in [2.45, 2.75) is 58.4 Å². The zero-order valence-corrected chi connectivity index (χ0v) is 11.7. The van der Waals surface area contributed by atoms with Gasteiger partial charge in [-0.1, -0.05) is 13.8 Å². The summed E-state index contributed by atoms with van der Waals surface area (Å²) in [6.07, 6.45) is 6.47. The molecule has 1 saturated heterocycles. The van der Waals surface area contributed by atoms with Crippen LogP contribution in [0.3, 0.4) is 0 Å². The van der Waals surface area contributed by atoms with E-state index in [1.807, 2.05) is 7.05 Å². The van der Waals surface area contributed by atoms with Crippen molar-refractivity contribution in [3.05, 3.63) is 0 Å². The predicted molar refractivity (Wildman–Crippen MR) is 72.0 cm³/mol. The minimum atomic E-state index is 0.367. The van der Waals surface area contributed by atoms with Gasteiger partial charge in [-0.05, 0) is 45.1 Å². The molecule has 1 N–H and O–H groups in total. The molecule has 3 heteroatoms. The molecule has 1 amide bonds. The van der Waals surface area contributed by atoms with Gasteiger partial charge in [0.1, 0.15) is 0 Å². The van der Waals surface area contributed by atoms with Crippen LogP contribution in [-0.4, -0.2) is 37.0 Å². The molecule has 0 aromatic carbocycles. The highest BCUT2D eigenvalue weighted by atomic mass is 16.2. The summed E-state index contributed by atoms with van der Waals surface area (Å²) in [6.45, 7) is 6.38. The Labute approximate surface area is 106 Å². The summed E-state index contributed by atoms with van der Waals surface area (Å²) in [5, 5.41) is 3.32. The van der Waals surface area contributed by atoms with Crippen molar-refractivity contribution in [2.24, 2.45) is 5.92 Å². The van der Waals surface area contributed by atoms with E-state index >= 15 is 0 Å². The van der Waals surface area contributed by atoms with E-state index in [0.29, 0.717) is 17.9 Å². The summed E-state index contributed by atoms with van der Waals surface area (Å²) < 4.78 is 0. The number of hydrogen-bond donors (Lipinski definition) is 1. The minimum Gasteiger partial charge on any atom is -0.343 e. The fourth-order valence-electron chi connectivity index (χ4n) is 2.49. The van der Waals surface area contributed by atoms with E-state index in [9.17, 15) is 4.79 Å². The van der Waals surface area contributed by atoms with E-state index in [0.717, 1.165) is 32.4 Å². The van der Waals surface area contributed by atoms with Crippen LogP contribution in [0.25, 0.3) is 0 Å². The largest absolute Gasteiger partial charge is 0.343 e. The fourth-order valence-corrected chi connectivity index (χ4v) is 2.49. The lowest BCUT2D eigenvalue weighted by molar-refractivity contribution is -0.130. The molecule has 0 aliphatic carbocycles. The van der Waals surface area contributed by atoms with Gasteiger partial charge in [-0.25, -0.2) is 0 Å². The minimum absolute atomic E-state index is 0.367. The van der Waals surface area contributed by atoms with Crippen molar-refractivity contribution in [1.82, 2.24) is 10.2 Å². The SMILES string of the molecule is CCC(CCCN1CCC(C)CCC1=O)NC. The lowest BCUT2D eigenvalue weighted by atomic mass is 10.0. The molecule has 0 aromatic rings. The molecule has 1 aliphatic heterocycles. The third-order valence-electron chi connectivity index (χ3n) is 3.98. The number of rotatable bonds is 6. The van der Waals surface area contributed by atoms with E-state index in [1.54, 1.807) is 0 Å². The van der Waals surface area contributed by atoms with Gasteiger partial charge in [-0.15, -0.1) is 0 Å². The second-order valence-corrected chi connectivity index (χ2v) is 5.35. The Hall–Kier alpha value is -0.570. The van der Waals surface area contributed by atoms with Gasteiger partial charge >= 0.3 is 0 Å². The third-order valence-corrected chi connectivity index (χ3v) is 3.98. The normalized spacial score (nSPS) is 23.6. The number of amides is 1. The molecule has 17 heavy (non-hydrogen) atoms. The Morgan fingerprint density at radius 3 is 2.88 bits per heavy atom. The van der Waals surface area contributed by atoms with Crippen LogP contribution in [0.1, 0.15) is 52.4 Å². The van der Waals surface area contributed by atoms with Gasteiger partial charge in [0.05, 0.1) is 0 Å². The first kappa shape index (κ1) is 14.5. The molecule has 3 nitrogen and oxygen atoms in total. The molecule has 2 atom stereocenters. The van der Waals surface area contributed by atoms with Crippen molar-refractivity contribution in [3.63, 3.8) is 0 Å². The molecule has 1 aliphatic rings. The first-order valence-corrected chi connectivity index (χ1v) is 7.12. The summed E-state index contributed by atoms with van der Waals surface area (Å²) in [7, 11) is 2.02. The summed E-state index contributed by atoms with van der Waals surface area (Å²) in [6, 6.07) is 0.607. The second-order valence-electron chi connectivity index (χ2n) is 5.35. The van der Waals surface area contributed by atoms with Crippen LogP contribution in [0.4, 0.5) is 0 Å². The maximum Gasteiger partial charge on any atom is 0.222 e. The zero-order valence-electron chi connectivity index (χ0n) is 11.7. The zero-order chi connectivity index (χ0) is 12.7. The van der Waals surface area contributed by atoms with Crippen molar-refractivity contribution in [3.8, 4) is 0 Å². The molecule has 0 saturated carbocycles. The van der Waals surface area contributed by atoms with E-state index in [1.165, 1.54) is 19.3 Å². The molecule has 0 spiro atoms. The van der Waals surface area contributed by atoms with Crippen molar-refractivity contribution in [1.29, 1.82) is 0 Å². The maximum atomic E-state index is 11.9. The molecule has 0 aromatic heterocycles. The monoisotopic (exact) mass is 240 g/mol. The van der Waals surface area contributed by atoms with Crippen LogP contribution in [0.5, 0.6) is 0 Å². The smallest absolute Gasteiger partial charge is 0.222 e. The predicted octanol–water partition coefficient (Wildman–Crippen LogP) is 2.41. The molecule has 1 heterocycles. The highest BCUT2D eigenvalue weighted by Crippen LogP contribution is 2.18. The lowest BCUT2D eigenvalue weighted by Gasteiger charge is -2.22. The van der Waals surface area contributed by atoms with Crippen molar-refractivity contribution >= 4 is 5.91 Å². The van der Waals surface area contributed by atoms with E-state index in [4.69, 9.17) is 0 Å². The standard InChI is InChI=1S/C14H28N2O/c1-4-13(15-3)6-5-10-16-11-9-12(2)7-8-14(16)17/h12-13,15H,4-11H2,1-3H3. The quantitative estimate of drug-likeness (QED) is 0.773. The van der Waals surface area contributed by atoms with Crippen LogP contribution >= 0.6 is 0 Å². The highest BCUT2D eigenvalue weighted by Gasteiger charge is 2.19. The topological polar surface area (TPSA) is 32.3 Å². The number of carbonyl (C=O) groups excluding carboxylic acids is 1. The second kappa shape index (κ2) is 7.70. The first-order chi connectivity index (χ1) is 8.17. The molecule has 1 rings (SSSR count). The van der Waals surface area contributed by atoms with Crippen LogP contribution in [0.15, 0.2) is 0 Å². The van der Waals surface area contributed by atoms with Gasteiger partial charge in [-0.3, -0.25) is 4.79 Å². The Morgan fingerprint density at radius 1 is 1.47 bits per heavy atom. The first-order valence-electron chi connectivity index (χ1n) is 7.12. The van der Waals surface area contributed by atoms with Gasteiger partial charge in [0.15, 0.2) is 0 Å². The summed E-state index contributed by atoms with van der Waals surface area (Å²) in [5.41, 5.74) is 0. The van der Waals surface area contributed by atoms with Gasteiger partial charge in [0.2, 0.25) is 5.91 Å². The molecule has 100 valence electrons. The average molecular weight is 240 g/mol. The van der Waals surface area contributed by atoms with Gasteiger partial charge in [0.25, 0.3) is 0 Å². The Kier molecular flexibility index (Phi) is 6.56. The molecule has 0 bridgehead atoms. The van der Waals surface area contributed by atoms with Crippen LogP contribution in [0.2, 0.25) is 0 Å². The fraction of sp³-hybridized carbons (Fsp3) is 0.929. The summed E-state index contributed by atoms with van der Waals surface area (Å²) in [5.74, 6) is 1.08. The number of nitrogens with zero attached hydrogens (tertiary/aromatic N) is 1. The van der Waals surface area contributed by atoms with Crippen LogP contribution in [0, 0.1) is 5.92 Å². The van der Waals surface area contributed by atoms with Gasteiger partial charge < -0.3 is 10.2 Å². The van der Waals surface area contributed by atoms with E-state index in [2.05, 4.69) is 24.1 Å². The van der Waals surface area contributed by atoms with Crippen molar-refractivity contribution < 1.29 is 4.79 Å². The van der Waals surface area contributed by atoms with E-state index in [-0.39, 0.29) is 0 Å². The van der Waals surface area contributed by atoms with Gasteiger partial charge in [0, 0.05) is 25.6 Å². The molecule has 0 radical (unpaired) electrons. The van der Waals surface area contributed by atoms with Gasteiger partial charge in [-0.2, -0.15) is 0 Å². The van der Waals surface area contributed by atoms with E-state index < -0.39 is 0 Å². The Morgan fingerprint density at radius 2 is 2.24 bits per heavy atom. The van der Waals surface area contributed by atoms with Crippen molar-refractivity contribution in [2.75, 3.05) is 20.1 Å². The number of carbonyl (C=O) groups is 1. The van der Waals surface area contributed by atoms with Crippen LogP contribution in [-0.2, 0) is 4.79 Å². The summed E-state index contributed by atoms with van der Waals surface area (Å²) in [4.78, 5) is 14.0.